The third kappa shape index (κ3) is 3.40. The van der Waals surface area contributed by atoms with Crippen LogP contribution >= 0.6 is 0 Å². The van der Waals surface area contributed by atoms with Gasteiger partial charge in [-0.1, -0.05) is 32.9 Å². The standard InChI is InChI=1S/C10H9NO.C2H6/c1-2-10(12)9-5-3-8(7-11)4-6-9;1-2/h3-6H,2H2,1H3;1-2H3. The Hall–Kier alpha value is -1.62. The highest BCUT2D eigenvalue weighted by Gasteiger charge is 2.01. The van der Waals surface area contributed by atoms with Crippen LogP contribution in [0, 0.1) is 11.3 Å². The smallest absolute Gasteiger partial charge is 0.162 e. The minimum absolute atomic E-state index is 0.111. The van der Waals surface area contributed by atoms with Gasteiger partial charge in [0, 0.05) is 12.0 Å². The van der Waals surface area contributed by atoms with Gasteiger partial charge in [-0.05, 0) is 12.1 Å². The van der Waals surface area contributed by atoms with Crippen LogP contribution in [0.15, 0.2) is 24.3 Å². The first-order chi connectivity index (χ1) is 6.77. The Morgan fingerprint density at radius 3 is 2.14 bits per heavy atom. The molecule has 0 radical (unpaired) electrons. The van der Waals surface area contributed by atoms with E-state index in [1.807, 2.05) is 26.8 Å². The van der Waals surface area contributed by atoms with Gasteiger partial charge in [-0.2, -0.15) is 5.26 Å². The maximum atomic E-state index is 11.1. The Labute approximate surface area is 85.2 Å². The maximum absolute atomic E-state index is 11.1. The zero-order valence-electron chi connectivity index (χ0n) is 8.87. The summed E-state index contributed by atoms with van der Waals surface area (Å²) in [5.74, 6) is 0.111. The SMILES string of the molecule is CC.CCC(=O)c1ccc(C#N)cc1. The van der Waals surface area contributed by atoms with Gasteiger partial charge in [0.1, 0.15) is 0 Å². The molecule has 0 atom stereocenters. The average molecular weight is 189 g/mol. The van der Waals surface area contributed by atoms with Crippen LogP contribution in [-0.2, 0) is 0 Å². The number of nitriles is 1. The van der Waals surface area contributed by atoms with Crippen molar-refractivity contribution in [2.24, 2.45) is 0 Å². The highest BCUT2D eigenvalue weighted by Crippen LogP contribution is 2.05. The number of hydrogen-bond donors (Lipinski definition) is 0. The molecule has 1 rings (SSSR count). The predicted octanol–water partition coefficient (Wildman–Crippen LogP) is 3.18. The molecule has 0 amide bonds. The number of rotatable bonds is 2. The van der Waals surface area contributed by atoms with E-state index in [9.17, 15) is 4.79 Å². The van der Waals surface area contributed by atoms with E-state index in [-0.39, 0.29) is 5.78 Å². The second-order valence-electron chi connectivity index (χ2n) is 2.47. The van der Waals surface area contributed by atoms with E-state index < -0.39 is 0 Å². The summed E-state index contributed by atoms with van der Waals surface area (Å²) in [5.41, 5.74) is 1.26. The molecule has 0 aliphatic rings. The van der Waals surface area contributed by atoms with Crippen molar-refractivity contribution >= 4 is 5.78 Å². The van der Waals surface area contributed by atoms with Crippen molar-refractivity contribution < 1.29 is 4.79 Å². The first kappa shape index (κ1) is 12.4. The minimum atomic E-state index is 0.111. The molecule has 0 aliphatic carbocycles. The lowest BCUT2D eigenvalue weighted by atomic mass is 10.1. The summed E-state index contributed by atoms with van der Waals surface area (Å²) in [6, 6.07) is 8.68. The monoisotopic (exact) mass is 189 g/mol. The first-order valence-electron chi connectivity index (χ1n) is 4.81. The molecule has 0 aliphatic heterocycles. The van der Waals surface area contributed by atoms with E-state index in [0.29, 0.717) is 17.5 Å². The number of carbonyl (C=O) groups excluding carboxylic acids is 1. The van der Waals surface area contributed by atoms with Crippen molar-refractivity contribution in [1.82, 2.24) is 0 Å². The Kier molecular flexibility index (Phi) is 6.06. The molecule has 1 aromatic carbocycles. The van der Waals surface area contributed by atoms with Gasteiger partial charge >= 0.3 is 0 Å². The molecule has 0 bridgehead atoms. The maximum Gasteiger partial charge on any atom is 0.162 e. The summed E-state index contributed by atoms with van der Waals surface area (Å²) in [7, 11) is 0. The molecule has 1 aromatic rings. The second kappa shape index (κ2) is 6.85. The van der Waals surface area contributed by atoms with Gasteiger partial charge in [-0.25, -0.2) is 0 Å². The molecule has 2 heteroatoms. The number of Topliss-reactive ketones (excluding diaryl/α,β-unsaturated/α-hetero) is 1. The molecule has 14 heavy (non-hydrogen) atoms. The highest BCUT2D eigenvalue weighted by molar-refractivity contribution is 5.95. The molecule has 0 spiro atoms. The number of carbonyl (C=O) groups is 1. The molecule has 0 unspecified atom stereocenters. The van der Waals surface area contributed by atoms with E-state index in [2.05, 4.69) is 0 Å². The summed E-state index contributed by atoms with van der Waals surface area (Å²) < 4.78 is 0. The lowest BCUT2D eigenvalue weighted by Gasteiger charge is -1.95. The molecule has 2 nitrogen and oxygen atoms in total. The number of ketones is 1. The fraction of sp³-hybridized carbons (Fsp3) is 0.333. The third-order valence-electron chi connectivity index (χ3n) is 1.66. The van der Waals surface area contributed by atoms with Crippen LogP contribution in [0.5, 0.6) is 0 Å². The summed E-state index contributed by atoms with van der Waals surface area (Å²) >= 11 is 0. The predicted molar refractivity (Wildman–Crippen MR) is 57.1 cm³/mol. The van der Waals surface area contributed by atoms with Crippen molar-refractivity contribution in [3.63, 3.8) is 0 Å². The molecular weight excluding hydrogens is 174 g/mol. The zero-order valence-corrected chi connectivity index (χ0v) is 8.87. The van der Waals surface area contributed by atoms with Crippen LogP contribution in [0.2, 0.25) is 0 Å². The van der Waals surface area contributed by atoms with Crippen LogP contribution in [0.1, 0.15) is 43.1 Å². The summed E-state index contributed by atoms with van der Waals surface area (Å²) in [4.78, 5) is 11.1. The minimum Gasteiger partial charge on any atom is -0.294 e. The molecule has 0 heterocycles. The first-order valence-corrected chi connectivity index (χ1v) is 4.81. The van der Waals surface area contributed by atoms with Crippen LogP contribution in [-0.4, -0.2) is 5.78 Å². The van der Waals surface area contributed by atoms with E-state index in [1.54, 1.807) is 24.3 Å². The summed E-state index contributed by atoms with van der Waals surface area (Å²) in [5, 5.41) is 8.49. The average Bonchev–Trinajstić information content (AvgIpc) is 2.31. The van der Waals surface area contributed by atoms with Crippen LogP contribution < -0.4 is 0 Å². The Morgan fingerprint density at radius 1 is 1.29 bits per heavy atom. The molecular formula is C12H15NO. The van der Waals surface area contributed by atoms with Crippen molar-refractivity contribution in [2.75, 3.05) is 0 Å². The lowest BCUT2D eigenvalue weighted by Crippen LogP contribution is -1.95. The third-order valence-corrected chi connectivity index (χ3v) is 1.66. The summed E-state index contributed by atoms with van der Waals surface area (Å²) in [6.07, 6.45) is 0.506. The molecule has 0 saturated carbocycles. The van der Waals surface area contributed by atoms with Gasteiger partial charge in [-0.3, -0.25) is 4.79 Å². The number of nitrogens with zero attached hydrogens (tertiary/aromatic N) is 1. The molecule has 0 aromatic heterocycles. The highest BCUT2D eigenvalue weighted by atomic mass is 16.1. The fourth-order valence-electron chi connectivity index (χ4n) is 0.935. The van der Waals surface area contributed by atoms with E-state index in [0.717, 1.165) is 0 Å². The molecule has 74 valence electrons. The van der Waals surface area contributed by atoms with Crippen molar-refractivity contribution in [3.05, 3.63) is 35.4 Å². The Morgan fingerprint density at radius 2 is 1.79 bits per heavy atom. The number of benzene rings is 1. The summed E-state index contributed by atoms with van der Waals surface area (Å²) in [6.45, 7) is 5.82. The zero-order chi connectivity index (χ0) is 11.0. The fourth-order valence-corrected chi connectivity index (χ4v) is 0.935. The van der Waals surface area contributed by atoms with Gasteiger partial charge in [0.25, 0.3) is 0 Å². The largest absolute Gasteiger partial charge is 0.294 e. The Balaban J connectivity index is 0.000000791. The number of hydrogen-bond acceptors (Lipinski definition) is 2. The lowest BCUT2D eigenvalue weighted by molar-refractivity contribution is 0.0988. The van der Waals surface area contributed by atoms with E-state index in [4.69, 9.17) is 5.26 Å². The van der Waals surface area contributed by atoms with Crippen molar-refractivity contribution in [3.8, 4) is 6.07 Å². The van der Waals surface area contributed by atoms with Crippen molar-refractivity contribution in [1.29, 1.82) is 5.26 Å². The van der Waals surface area contributed by atoms with Crippen LogP contribution in [0.4, 0.5) is 0 Å². The Bertz CT molecular complexity index is 319. The van der Waals surface area contributed by atoms with Gasteiger partial charge < -0.3 is 0 Å². The molecule has 0 fully saturated rings. The van der Waals surface area contributed by atoms with Gasteiger partial charge in [-0.15, -0.1) is 0 Å². The van der Waals surface area contributed by atoms with Crippen LogP contribution in [0.25, 0.3) is 0 Å². The molecule has 0 N–H and O–H groups in total. The van der Waals surface area contributed by atoms with Gasteiger partial charge in [0.15, 0.2) is 5.78 Å². The quantitative estimate of drug-likeness (QED) is 0.670. The second-order valence-corrected chi connectivity index (χ2v) is 2.47. The van der Waals surface area contributed by atoms with Gasteiger partial charge in [0.05, 0.1) is 11.6 Å². The van der Waals surface area contributed by atoms with E-state index in [1.165, 1.54) is 0 Å². The topological polar surface area (TPSA) is 40.9 Å². The van der Waals surface area contributed by atoms with Crippen LogP contribution in [0.3, 0.4) is 0 Å². The van der Waals surface area contributed by atoms with Crippen molar-refractivity contribution in [2.45, 2.75) is 27.2 Å². The van der Waals surface area contributed by atoms with E-state index >= 15 is 0 Å². The van der Waals surface area contributed by atoms with Gasteiger partial charge in [0.2, 0.25) is 0 Å². The normalized spacial score (nSPS) is 8.14. The molecule has 0 saturated heterocycles.